The highest BCUT2D eigenvalue weighted by molar-refractivity contribution is 5.77. The largest absolute Gasteiger partial charge is 0.384 e. The normalized spacial score (nSPS) is 24.1. The fourth-order valence-electron chi connectivity index (χ4n) is 2.19. The van der Waals surface area contributed by atoms with E-state index in [1.54, 1.807) is 7.11 Å². The van der Waals surface area contributed by atoms with Crippen LogP contribution < -0.4 is 5.32 Å². The average Bonchev–Trinajstić information content (AvgIpc) is 2.25. The number of nitrogens with one attached hydrogen (secondary N) is 1. The Morgan fingerprint density at radius 1 is 1.53 bits per heavy atom. The van der Waals surface area contributed by atoms with Gasteiger partial charge in [-0.3, -0.25) is 4.79 Å². The van der Waals surface area contributed by atoms with Crippen LogP contribution in [0.25, 0.3) is 0 Å². The Labute approximate surface area is 105 Å². The first kappa shape index (κ1) is 14.5. The summed E-state index contributed by atoms with van der Waals surface area (Å²) in [5, 5.41) is 3.52. The van der Waals surface area contributed by atoms with Crippen LogP contribution in [0.4, 0.5) is 0 Å². The van der Waals surface area contributed by atoms with Crippen LogP contribution in [-0.2, 0) is 9.53 Å². The molecule has 0 aliphatic carbocycles. The van der Waals surface area contributed by atoms with Crippen LogP contribution in [0.2, 0.25) is 0 Å². The lowest BCUT2D eigenvalue weighted by molar-refractivity contribution is -0.140. The van der Waals surface area contributed by atoms with Crippen LogP contribution in [0.5, 0.6) is 0 Å². The Morgan fingerprint density at radius 2 is 2.18 bits per heavy atom. The van der Waals surface area contributed by atoms with Gasteiger partial charge in [0.05, 0.1) is 13.0 Å². The van der Waals surface area contributed by atoms with Gasteiger partial charge in [-0.05, 0) is 19.8 Å². The maximum Gasteiger partial charge on any atom is 0.225 e. The number of methoxy groups -OCH3 is 1. The minimum absolute atomic E-state index is 0.101. The molecule has 17 heavy (non-hydrogen) atoms. The van der Waals surface area contributed by atoms with Crippen LogP contribution in [0.1, 0.15) is 34.1 Å². The van der Waals surface area contributed by atoms with Crippen molar-refractivity contribution in [3.8, 4) is 0 Å². The number of carbonyl (C=O) groups excluding carboxylic acids is 1. The highest BCUT2D eigenvalue weighted by Gasteiger charge is 2.37. The Balaban J connectivity index is 2.67. The van der Waals surface area contributed by atoms with Crippen molar-refractivity contribution in [3.05, 3.63) is 0 Å². The standard InChI is InChI=1S/C13H26N2O2/c1-10(2)11-8-15(12(16)6-7-17-5)13(3,4)9-14-11/h10-11,14H,6-9H2,1-5H3. The molecule has 0 saturated carbocycles. The van der Waals surface area contributed by atoms with E-state index in [4.69, 9.17) is 4.74 Å². The lowest BCUT2D eigenvalue weighted by Crippen LogP contribution is -2.64. The third-order valence-electron chi connectivity index (χ3n) is 3.53. The van der Waals surface area contributed by atoms with E-state index in [-0.39, 0.29) is 11.4 Å². The van der Waals surface area contributed by atoms with Gasteiger partial charge in [-0.15, -0.1) is 0 Å². The average molecular weight is 242 g/mol. The van der Waals surface area contributed by atoms with Crippen molar-refractivity contribution in [2.24, 2.45) is 5.92 Å². The molecular formula is C13H26N2O2. The monoisotopic (exact) mass is 242 g/mol. The summed E-state index contributed by atoms with van der Waals surface area (Å²) in [5.41, 5.74) is -0.101. The molecule has 100 valence electrons. The molecular weight excluding hydrogens is 216 g/mol. The van der Waals surface area contributed by atoms with Crippen LogP contribution in [-0.4, -0.2) is 49.2 Å². The van der Waals surface area contributed by atoms with E-state index in [9.17, 15) is 4.79 Å². The molecule has 0 spiro atoms. The van der Waals surface area contributed by atoms with Crippen molar-refractivity contribution in [2.75, 3.05) is 26.8 Å². The summed E-state index contributed by atoms with van der Waals surface area (Å²) in [5.74, 6) is 0.743. The number of piperazine rings is 1. The van der Waals surface area contributed by atoms with Gasteiger partial charge in [0.25, 0.3) is 0 Å². The zero-order chi connectivity index (χ0) is 13.1. The van der Waals surface area contributed by atoms with Crippen LogP contribution in [0.3, 0.4) is 0 Å². The van der Waals surface area contributed by atoms with E-state index in [1.165, 1.54) is 0 Å². The van der Waals surface area contributed by atoms with E-state index in [2.05, 4.69) is 33.0 Å². The van der Waals surface area contributed by atoms with E-state index in [0.717, 1.165) is 13.1 Å². The Bertz CT molecular complexity index is 264. The van der Waals surface area contributed by atoms with E-state index in [1.807, 2.05) is 4.90 Å². The Morgan fingerprint density at radius 3 is 2.71 bits per heavy atom. The van der Waals surface area contributed by atoms with Crippen molar-refractivity contribution in [1.29, 1.82) is 0 Å². The van der Waals surface area contributed by atoms with E-state index >= 15 is 0 Å². The highest BCUT2D eigenvalue weighted by atomic mass is 16.5. The van der Waals surface area contributed by atoms with Gasteiger partial charge in [0.15, 0.2) is 0 Å². The lowest BCUT2D eigenvalue weighted by atomic mass is 9.92. The van der Waals surface area contributed by atoms with Gasteiger partial charge in [-0.25, -0.2) is 0 Å². The summed E-state index contributed by atoms with van der Waals surface area (Å²) in [6.07, 6.45) is 0.477. The molecule has 4 heteroatoms. The van der Waals surface area contributed by atoms with Gasteiger partial charge in [-0.1, -0.05) is 13.8 Å². The highest BCUT2D eigenvalue weighted by Crippen LogP contribution is 2.22. The molecule has 1 fully saturated rings. The molecule has 1 heterocycles. The van der Waals surface area contributed by atoms with Crippen molar-refractivity contribution in [3.63, 3.8) is 0 Å². The summed E-state index contributed by atoms with van der Waals surface area (Å²) < 4.78 is 4.98. The summed E-state index contributed by atoms with van der Waals surface area (Å²) in [7, 11) is 1.63. The van der Waals surface area contributed by atoms with Gasteiger partial charge in [0.1, 0.15) is 0 Å². The topological polar surface area (TPSA) is 41.6 Å². The van der Waals surface area contributed by atoms with Crippen LogP contribution in [0, 0.1) is 5.92 Å². The Hall–Kier alpha value is -0.610. The van der Waals surface area contributed by atoms with Crippen molar-refractivity contribution in [1.82, 2.24) is 10.2 Å². The molecule has 1 aliphatic heterocycles. The van der Waals surface area contributed by atoms with E-state index < -0.39 is 0 Å². The molecule has 0 aromatic heterocycles. The third kappa shape index (κ3) is 3.68. The van der Waals surface area contributed by atoms with Gasteiger partial charge >= 0.3 is 0 Å². The third-order valence-corrected chi connectivity index (χ3v) is 3.53. The lowest BCUT2D eigenvalue weighted by Gasteiger charge is -2.47. The summed E-state index contributed by atoms with van der Waals surface area (Å²) in [6, 6.07) is 0.398. The molecule has 1 rings (SSSR count). The SMILES string of the molecule is COCCC(=O)N1CC(C(C)C)NCC1(C)C. The molecule has 1 saturated heterocycles. The first-order valence-corrected chi connectivity index (χ1v) is 6.41. The molecule has 1 unspecified atom stereocenters. The molecule has 1 amide bonds. The summed E-state index contributed by atoms with van der Waals surface area (Å²) in [4.78, 5) is 14.2. The van der Waals surface area contributed by atoms with Crippen molar-refractivity contribution in [2.45, 2.75) is 45.7 Å². The van der Waals surface area contributed by atoms with E-state index in [0.29, 0.717) is 25.0 Å². The molecule has 0 radical (unpaired) electrons. The van der Waals surface area contributed by atoms with Crippen LogP contribution in [0.15, 0.2) is 0 Å². The zero-order valence-corrected chi connectivity index (χ0v) is 11.7. The molecule has 4 nitrogen and oxygen atoms in total. The predicted molar refractivity (Wildman–Crippen MR) is 68.9 cm³/mol. The van der Waals surface area contributed by atoms with Crippen molar-refractivity contribution >= 4 is 5.91 Å². The second-order valence-corrected chi connectivity index (χ2v) is 5.79. The minimum atomic E-state index is -0.101. The fraction of sp³-hybridized carbons (Fsp3) is 0.923. The Kier molecular flexibility index (Phi) is 4.95. The molecule has 0 aromatic carbocycles. The van der Waals surface area contributed by atoms with Gasteiger partial charge in [-0.2, -0.15) is 0 Å². The maximum absolute atomic E-state index is 12.2. The number of ether oxygens (including phenoxy) is 1. The quantitative estimate of drug-likeness (QED) is 0.807. The zero-order valence-electron chi connectivity index (χ0n) is 11.7. The number of hydrogen-bond donors (Lipinski definition) is 1. The summed E-state index contributed by atoms with van der Waals surface area (Å²) >= 11 is 0. The first-order valence-electron chi connectivity index (χ1n) is 6.41. The molecule has 1 atom stereocenters. The first-order chi connectivity index (χ1) is 7.88. The molecule has 1 N–H and O–H groups in total. The van der Waals surface area contributed by atoms with Gasteiger partial charge in [0.2, 0.25) is 5.91 Å². The van der Waals surface area contributed by atoms with Gasteiger partial charge in [0, 0.05) is 31.8 Å². The minimum Gasteiger partial charge on any atom is -0.384 e. The second-order valence-electron chi connectivity index (χ2n) is 5.79. The number of carbonyl (C=O) groups is 1. The second kappa shape index (κ2) is 5.83. The number of amides is 1. The fourth-order valence-corrected chi connectivity index (χ4v) is 2.19. The van der Waals surface area contributed by atoms with Crippen LogP contribution >= 0.6 is 0 Å². The number of hydrogen-bond acceptors (Lipinski definition) is 3. The van der Waals surface area contributed by atoms with Crippen molar-refractivity contribution < 1.29 is 9.53 Å². The molecule has 0 aromatic rings. The molecule has 0 bridgehead atoms. The predicted octanol–water partition coefficient (Wildman–Crippen LogP) is 1.26. The van der Waals surface area contributed by atoms with Gasteiger partial charge < -0.3 is 15.0 Å². The molecule has 1 aliphatic rings. The number of nitrogens with zero attached hydrogens (tertiary/aromatic N) is 1. The number of rotatable bonds is 4. The maximum atomic E-state index is 12.2. The summed E-state index contributed by atoms with van der Waals surface area (Å²) in [6.45, 7) is 10.8. The smallest absolute Gasteiger partial charge is 0.225 e.